The van der Waals surface area contributed by atoms with Crippen LogP contribution < -0.4 is 9.80 Å². The van der Waals surface area contributed by atoms with E-state index in [1.807, 2.05) is 16.7 Å². The van der Waals surface area contributed by atoms with Crippen molar-refractivity contribution in [2.45, 2.75) is 26.1 Å². The molecule has 2 fully saturated rings. The molecule has 1 aromatic rings. The smallest absolute Gasteiger partial charge is 0.416 e. The van der Waals surface area contributed by atoms with E-state index in [-0.39, 0.29) is 12.3 Å². The zero-order valence-electron chi connectivity index (χ0n) is 15.1. The fraction of sp³-hybridized carbons (Fsp3) is 0.588. The molecule has 3 rings (SSSR count). The molecule has 150 valence electrons. The minimum atomic E-state index is -3.75. The molecule has 0 aliphatic carbocycles. The molecule has 7 nitrogen and oxygen atoms in total. The largest absolute Gasteiger partial charge is 0.416 e. The Kier molecular flexibility index (Phi) is 6.48. The molecule has 0 aromatic heterocycles. The van der Waals surface area contributed by atoms with Gasteiger partial charge in [0.2, 0.25) is 6.29 Å². The third kappa shape index (κ3) is 5.05. The van der Waals surface area contributed by atoms with Crippen LogP contribution in [0, 0.1) is 5.82 Å². The Hall–Kier alpha value is -1.52. The van der Waals surface area contributed by atoms with E-state index in [4.69, 9.17) is 8.92 Å². The number of amides is 1. The summed E-state index contributed by atoms with van der Waals surface area (Å²) in [5, 5.41) is 0. The van der Waals surface area contributed by atoms with Gasteiger partial charge < -0.3 is 9.64 Å². The highest BCUT2D eigenvalue weighted by atomic mass is 32.2. The Balaban J connectivity index is 1.72. The Morgan fingerprint density at radius 2 is 2.00 bits per heavy atom. The van der Waals surface area contributed by atoms with Gasteiger partial charge in [0.05, 0.1) is 23.7 Å². The van der Waals surface area contributed by atoms with E-state index in [0.29, 0.717) is 11.4 Å². The van der Waals surface area contributed by atoms with E-state index in [2.05, 4.69) is 0 Å². The van der Waals surface area contributed by atoms with Crippen LogP contribution in [0.25, 0.3) is 0 Å². The van der Waals surface area contributed by atoms with Crippen LogP contribution in [0.1, 0.15) is 19.8 Å². The first kappa shape index (κ1) is 20.2. The summed E-state index contributed by atoms with van der Waals surface area (Å²) in [7, 11) is -3.75. The average Bonchev–Trinajstić information content (AvgIpc) is 2.95. The van der Waals surface area contributed by atoms with Gasteiger partial charge in [0.1, 0.15) is 5.82 Å². The lowest BCUT2D eigenvalue weighted by Crippen LogP contribution is -2.29. The predicted molar refractivity (Wildman–Crippen MR) is 103 cm³/mol. The van der Waals surface area contributed by atoms with Gasteiger partial charge in [-0.1, -0.05) is 0 Å². The molecule has 2 aliphatic heterocycles. The van der Waals surface area contributed by atoms with Crippen LogP contribution in [0.5, 0.6) is 0 Å². The Labute approximate surface area is 162 Å². The van der Waals surface area contributed by atoms with Crippen LogP contribution in [0.2, 0.25) is 0 Å². The molecule has 1 atom stereocenters. The number of carbonyl (C=O) groups excluding carboxylic acids is 1. The lowest BCUT2D eigenvalue weighted by Gasteiger charge is -2.27. The van der Waals surface area contributed by atoms with Crippen molar-refractivity contribution in [1.29, 1.82) is 0 Å². The van der Waals surface area contributed by atoms with Crippen molar-refractivity contribution in [2.75, 3.05) is 46.7 Å². The van der Waals surface area contributed by atoms with E-state index in [0.717, 1.165) is 37.4 Å². The zero-order chi connectivity index (χ0) is 19.4. The van der Waals surface area contributed by atoms with Crippen LogP contribution in [0.3, 0.4) is 0 Å². The van der Waals surface area contributed by atoms with Gasteiger partial charge in [0, 0.05) is 13.1 Å². The van der Waals surface area contributed by atoms with E-state index >= 15 is 0 Å². The second kappa shape index (κ2) is 8.66. The molecule has 1 amide bonds. The first-order valence-corrected chi connectivity index (χ1v) is 11.6. The van der Waals surface area contributed by atoms with Gasteiger partial charge in [-0.15, -0.1) is 0 Å². The number of thioether (sulfide) groups is 1. The van der Waals surface area contributed by atoms with Crippen molar-refractivity contribution in [3.8, 4) is 0 Å². The predicted octanol–water partition coefficient (Wildman–Crippen LogP) is 2.81. The number of hydrogen-bond donors (Lipinski definition) is 0. The Morgan fingerprint density at radius 1 is 1.30 bits per heavy atom. The van der Waals surface area contributed by atoms with Gasteiger partial charge in [-0.3, -0.25) is 4.90 Å². The van der Waals surface area contributed by atoms with Crippen molar-refractivity contribution in [3.05, 3.63) is 24.0 Å². The zero-order valence-corrected chi connectivity index (χ0v) is 16.7. The monoisotopic (exact) mass is 418 g/mol. The Morgan fingerprint density at radius 3 is 2.63 bits per heavy atom. The number of ether oxygens (including phenoxy) is 1. The lowest BCUT2D eigenvalue weighted by molar-refractivity contribution is 0.0109. The van der Waals surface area contributed by atoms with Gasteiger partial charge in [-0.25, -0.2) is 13.4 Å². The number of nitrogens with zero attached hydrogens (tertiary/aromatic N) is 2. The average molecular weight is 419 g/mol. The van der Waals surface area contributed by atoms with Gasteiger partial charge in [0.15, 0.2) is 0 Å². The topological polar surface area (TPSA) is 76.2 Å². The minimum absolute atomic E-state index is 0.113. The summed E-state index contributed by atoms with van der Waals surface area (Å²) in [6, 6.07) is 4.58. The van der Waals surface area contributed by atoms with Gasteiger partial charge in [0.25, 0.3) is 10.1 Å². The van der Waals surface area contributed by atoms with Crippen LogP contribution >= 0.6 is 11.8 Å². The first-order chi connectivity index (χ1) is 12.9. The number of hydrogen-bond acceptors (Lipinski definition) is 7. The van der Waals surface area contributed by atoms with Gasteiger partial charge >= 0.3 is 6.09 Å². The highest BCUT2D eigenvalue weighted by Crippen LogP contribution is 2.29. The highest BCUT2D eigenvalue weighted by Gasteiger charge is 2.36. The summed E-state index contributed by atoms with van der Waals surface area (Å²) >= 11 is 1.92. The molecule has 10 heteroatoms. The molecule has 2 saturated heterocycles. The molecule has 0 bridgehead atoms. The van der Waals surface area contributed by atoms with E-state index < -0.39 is 28.3 Å². The number of carbonyl (C=O) groups is 1. The molecular weight excluding hydrogens is 395 g/mol. The number of rotatable bonds is 5. The molecule has 0 N–H and O–H groups in total. The number of cyclic esters (lactones) is 1. The quantitative estimate of drug-likeness (QED) is 0.681. The van der Waals surface area contributed by atoms with Crippen LogP contribution in [-0.2, 0) is 19.0 Å². The van der Waals surface area contributed by atoms with Crippen molar-refractivity contribution in [3.63, 3.8) is 0 Å². The van der Waals surface area contributed by atoms with Crippen molar-refractivity contribution in [2.24, 2.45) is 0 Å². The standard InChI is InChI=1S/C17H23FN2O5S2/c1-2-27(22,23)25-16-12-20(17(21)24-16)13-5-6-15(14(18)11-13)19-7-3-9-26-10-4-8-19/h5-6,11,16H,2-4,7-10,12H2,1H3. The Bertz CT molecular complexity index is 782. The maximum atomic E-state index is 14.7. The fourth-order valence-electron chi connectivity index (χ4n) is 3.02. The number of halogens is 1. The number of benzene rings is 1. The van der Waals surface area contributed by atoms with E-state index in [9.17, 15) is 17.6 Å². The molecule has 27 heavy (non-hydrogen) atoms. The summed E-state index contributed by atoms with van der Waals surface area (Å²) in [5.41, 5.74) is 0.823. The second-order valence-corrected chi connectivity index (χ2v) is 9.42. The van der Waals surface area contributed by atoms with Crippen LogP contribution in [0.15, 0.2) is 18.2 Å². The van der Waals surface area contributed by atoms with Gasteiger partial charge in [-0.05, 0) is 49.5 Å². The minimum Gasteiger partial charge on any atom is -0.416 e. The second-order valence-electron chi connectivity index (χ2n) is 6.31. The summed E-state index contributed by atoms with van der Waals surface area (Å²) in [5.74, 6) is 1.49. The third-order valence-electron chi connectivity index (χ3n) is 4.41. The maximum Gasteiger partial charge on any atom is 0.416 e. The third-order valence-corrected chi connectivity index (χ3v) is 6.78. The van der Waals surface area contributed by atoms with Crippen LogP contribution in [-0.4, -0.2) is 57.7 Å². The molecule has 1 unspecified atom stereocenters. The summed E-state index contributed by atoms with van der Waals surface area (Å²) in [6.07, 6.45) is 0.00330. The molecule has 2 aliphatic rings. The summed E-state index contributed by atoms with van der Waals surface area (Å²) < 4.78 is 47.5. The maximum absolute atomic E-state index is 14.7. The SMILES string of the molecule is CCS(=O)(=O)OC1CN(c2ccc(N3CCCSCCC3)c(F)c2)C(=O)O1. The van der Waals surface area contributed by atoms with Crippen molar-refractivity contribution < 1.29 is 26.5 Å². The van der Waals surface area contributed by atoms with Crippen molar-refractivity contribution in [1.82, 2.24) is 0 Å². The fourth-order valence-corrected chi connectivity index (χ4v) is 4.45. The van der Waals surface area contributed by atoms with Crippen LogP contribution in [0.4, 0.5) is 20.6 Å². The van der Waals surface area contributed by atoms with Gasteiger partial charge in [-0.2, -0.15) is 20.2 Å². The molecule has 0 spiro atoms. The van der Waals surface area contributed by atoms with E-state index in [1.165, 1.54) is 17.9 Å². The highest BCUT2D eigenvalue weighted by molar-refractivity contribution is 7.99. The summed E-state index contributed by atoms with van der Waals surface area (Å²) in [6.45, 7) is 2.90. The van der Waals surface area contributed by atoms with E-state index in [1.54, 1.807) is 12.1 Å². The summed E-state index contributed by atoms with van der Waals surface area (Å²) in [4.78, 5) is 15.2. The molecule has 2 heterocycles. The molecular formula is C17H23FN2O5S2. The molecule has 0 radical (unpaired) electrons. The van der Waals surface area contributed by atoms with Crippen molar-refractivity contribution >= 4 is 39.3 Å². The number of anilines is 2. The molecule has 0 saturated carbocycles. The first-order valence-electron chi connectivity index (χ1n) is 8.91. The molecule has 1 aromatic carbocycles. The normalized spacial score (nSPS) is 21.7. The lowest BCUT2D eigenvalue weighted by atomic mass is 10.2.